The summed E-state index contributed by atoms with van der Waals surface area (Å²) in [5.74, 6) is -0.169. The van der Waals surface area contributed by atoms with E-state index in [4.69, 9.17) is 9.47 Å². The number of carbonyl (C=O) groups is 3. The lowest BCUT2D eigenvalue weighted by Gasteiger charge is -2.20. The third-order valence-corrected chi connectivity index (χ3v) is 4.03. The van der Waals surface area contributed by atoms with Crippen molar-refractivity contribution < 1.29 is 28.6 Å². The van der Waals surface area contributed by atoms with Gasteiger partial charge in [0, 0.05) is 25.6 Å². The number of rotatable bonds is 7. The Morgan fingerprint density at radius 3 is 2.64 bits per heavy atom. The maximum atomic E-state index is 12.3. The first-order chi connectivity index (χ1) is 12.0. The van der Waals surface area contributed by atoms with Crippen LogP contribution in [0.4, 0.5) is 5.69 Å². The van der Waals surface area contributed by atoms with Crippen LogP contribution in [0.2, 0.25) is 0 Å². The zero-order chi connectivity index (χ0) is 18.4. The van der Waals surface area contributed by atoms with Gasteiger partial charge < -0.3 is 24.4 Å². The van der Waals surface area contributed by atoms with Crippen LogP contribution in [0.1, 0.15) is 12.8 Å². The van der Waals surface area contributed by atoms with Crippen molar-refractivity contribution in [2.75, 3.05) is 39.3 Å². The van der Waals surface area contributed by atoms with Crippen molar-refractivity contribution in [1.29, 1.82) is 0 Å². The van der Waals surface area contributed by atoms with Crippen LogP contribution in [0, 0.1) is 5.92 Å². The summed E-state index contributed by atoms with van der Waals surface area (Å²) in [7, 11) is 4.35. The van der Waals surface area contributed by atoms with Gasteiger partial charge in [-0.05, 0) is 12.1 Å². The van der Waals surface area contributed by atoms with Gasteiger partial charge in [-0.15, -0.1) is 0 Å². The number of esters is 1. The molecule has 1 fully saturated rings. The van der Waals surface area contributed by atoms with Crippen LogP contribution in [-0.4, -0.2) is 52.2 Å². The minimum absolute atomic E-state index is 0.0962. The highest BCUT2D eigenvalue weighted by atomic mass is 16.5. The fourth-order valence-corrected chi connectivity index (χ4v) is 2.66. The van der Waals surface area contributed by atoms with Gasteiger partial charge in [0.25, 0.3) is 0 Å². The van der Waals surface area contributed by atoms with Crippen molar-refractivity contribution in [3.8, 4) is 11.5 Å². The van der Waals surface area contributed by atoms with Crippen molar-refractivity contribution in [1.82, 2.24) is 5.32 Å². The predicted molar refractivity (Wildman–Crippen MR) is 89.6 cm³/mol. The van der Waals surface area contributed by atoms with E-state index in [1.807, 2.05) is 0 Å². The molecule has 0 saturated carbocycles. The van der Waals surface area contributed by atoms with Crippen molar-refractivity contribution in [3.63, 3.8) is 0 Å². The number of nitrogens with one attached hydrogen (secondary N) is 1. The monoisotopic (exact) mass is 350 g/mol. The smallest absolute Gasteiger partial charge is 0.307 e. The fourth-order valence-electron chi connectivity index (χ4n) is 2.66. The summed E-state index contributed by atoms with van der Waals surface area (Å²) >= 11 is 0. The van der Waals surface area contributed by atoms with Gasteiger partial charge in [0.15, 0.2) is 0 Å². The molecule has 1 N–H and O–H groups in total. The van der Waals surface area contributed by atoms with Gasteiger partial charge in [0.1, 0.15) is 11.5 Å². The lowest BCUT2D eigenvalue weighted by Crippen LogP contribution is -2.34. The first-order valence-electron chi connectivity index (χ1n) is 7.87. The molecular formula is C17H22N2O6. The first-order valence-corrected chi connectivity index (χ1v) is 7.87. The van der Waals surface area contributed by atoms with E-state index >= 15 is 0 Å². The van der Waals surface area contributed by atoms with Gasteiger partial charge >= 0.3 is 5.97 Å². The number of benzene rings is 1. The van der Waals surface area contributed by atoms with Crippen LogP contribution in [0.25, 0.3) is 0 Å². The lowest BCUT2D eigenvalue weighted by atomic mass is 10.1. The number of ether oxygens (including phenoxy) is 3. The molecule has 1 aromatic rings. The molecule has 1 heterocycles. The van der Waals surface area contributed by atoms with E-state index in [-0.39, 0.29) is 37.7 Å². The first kappa shape index (κ1) is 18.6. The minimum atomic E-state index is -0.475. The summed E-state index contributed by atoms with van der Waals surface area (Å²) < 4.78 is 15.0. The maximum absolute atomic E-state index is 12.3. The van der Waals surface area contributed by atoms with Crippen molar-refractivity contribution >= 4 is 23.5 Å². The second-order valence-corrected chi connectivity index (χ2v) is 5.56. The van der Waals surface area contributed by atoms with E-state index in [0.29, 0.717) is 17.2 Å². The van der Waals surface area contributed by atoms with Gasteiger partial charge in [0.2, 0.25) is 11.8 Å². The van der Waals surface area contributed by atoms with Gasteiger partial charge in [-0.2, -0.15) is 0 Å². The number of nitrogens with zero attached hydrogens (tertiary/aromatic N) is 1. The SMILES string of the molecule is COC(=O)CCNC(=O)[C@@H]1CC(=O)N(c2ccc(OC)cc2OC)C1. The Kier molecular flexibility index (Phi) is 6.21. The third kappa shape index (κ3) is 4.40. The molecule has 2 amide bonds. The fraction of sp³-hybridized carbons (Fsp3) is 0.471. The highest BCUT2D eigenvalue weighted by molar-refractivity contribution is 6.01. The topological polar surface area (TPSA) is 94.2 Å². The molecule has 0 spiro atoms. The van der Waals surface area contributed by atoms with Gasteiger partial charge in [-0.25, -0.2) is 0 Å². The maximum Gasteiger partial charge on any atom is 0.307 e. The van der Waals surface area contributed by atoms with Gasteiger partial charge in [-0.3, -0.25) is 14.4 Å². The van der Waals surface area contributed by atoms with E-state index < -0.39 is 11.9 Å². The van der Waals surface area contributed by atoms with Gasteiger partial charge in [0.05, 0.1) is 39.4 Å². The molecule has 1 aliphatic heterocycles. The summed E-state index contributed by atoms with van der Waals surface area (Å²) in [5, 5.41) is 2.66. The van der Waals surface area contributed by atoms with Crippen LogP contribution in [0.15, 0.2) is 18.2 Å². The van der Waals surface area contributed by atoms with E-state index in [0.717, 1.165) is 0 Å². The average Bonchev–Trinajstić information content (AvgIpc) is 3.02. The Bertz CT molecular complexity index is 661. The molecule has 2 rings (SSSR count). The van der Waals surface area contributed by atoms with Crippen LogP contribution in [0.5, 0.6) is 11.5 Å². The molecule has 8 heteroatoms. The molecule has 1 atom stereocenters. The highest BCUT2D eigenvalue weighted by Crippen LogP contribution is 2.35. The van der Waals surface area contributed by atoms with E-state index in [2.05, 4.69) is 10.1 Å². The van der Waals surface area contributed by atoms with Crippen LogP contribution < -0.4 is 19.7 Å². The molecule has 1 aromatic carbocycles. The Morgan fingerprint density at radius 2 is 2.00 bits per heavy atom. The zero-order valence-corrected chi connectivity index (χ0v) is 14.5. The summed E-state index contributed by atoms with van der Waals surface area (Å²) in [6.07, 6.45) is 0.207. The molecule has 0 aromatic heterocycles. The molecule has 0 aliphatic carbocycles. The van der Waals surface area contributed by atoms with Gasteiger partial charge in [-0.1, -0.05) is 0 Å². The zero-order valence-electron chi connectivity index (χ0n) is 14.5. The summed E-state index contributed by atoms with van der Waals surface area (Å²) in [4.78, 5) is 37.1. The number of carbonyl (C=O) groups excluding carboxylic acids is 3. The number of hydrogen-bond acceptors (Lipinski definition) is 6. The van der Waals surface area contributed by atoms with Crippen LogP contribution in [-0.2, 0) is 19.1 Å². The van der Waals surface area contributed by atoms with Crippen molar-refractivity contribution in [3.05, 3.63) is 18.2 Å². The molecular weight excluding hydrogens is 328 g/mol. The predicted octanol–water partition coefficient (Wildman–Crippen LogP) is 0.736. The van der Waals surface area contributed by atoms with Crippen molar-refractivity contribution in [2.45, 2.75) is 12.8 Å². The molecule has 25 heavy (non-hydrogen) atoms. The molecule has 0 radical (unpaired) electrons. The van der Waals surface area contributed by atoms with Crippen LogP contribution in [0.3, 0.4) is 0 Å². The summed E-state index contributed by atoms with van der Waals surface area (Å²) in [5.41, 5.74) is 0.596. The number of hydrogen-bond donors (Lipinski definition) is 1. The van der Waals surface area contributed by atoms with E-state index in [1.54, 1.807) is 25.3 Å². The summed E-state index contributed by atoms with van der Waals surface area (Å²) in [6.45, 7) is 0.438. The molecule has 8 nitrogen and oxygen atoms in total. The average molecular weight is 350 g/mol. The molecule has 1 aliphatic rings. The summed E-state index contributed by atoms with van der Waals surface area (Å²) in [6, 6.07) is 5.15. The number of methoxy groups -OCH3 is 3. The van der Waals surface area contributed by atoms with Crippen LogP contribution >= 0.6 is 0 Å². The van der Waals surface area contributed by atoms with E-state index in [1.165, 1.54) is 19.1 Å². The quantitative estimate of drug-likeness (QED) is 0.729. The third-order valence-electron chi connectivity index (χ3n) is 4.03. The Labute approximate surface area is 146 Å². The standard InChI is InChI=1S/C17H22N2O6/c1-23-12-4-5-13(14(9-12)24-2)19-10-11(8-15(19)20)17(22)18-7-6-16(21)25-3/h4-5,9,11H,6-8,10H2,1-3H3,(H,18,22)/t11-/m1/s1. The molecule has 0 unspecified atom stereocenters. The number of anilines is 1. The highest BCUT2D eigenvalue weighted by Gasteiger charge is 2.36. The van der Waals surface area contributed by atoms with Crippen molar-refractivity contribution in [2.24, 2.45) is 5.92 Å². The second-order valence-electron chi connectivity index (χ2n) is 5.56. The number of amides is 2. The Morgan fingerprint density at radius 1 is 1.24 bits per heavy atom. The Balaban J connectivity index is 2.02. The molecule has 136 valence electrons. The second kappa shape index (κ2) is 8.36. The molecule has 0 bridgehead atoms. The normalized spacial score (nSPS) is 16.5. The minimum Gasteiger partial charge on any atom is -0.497 e. The molecule has 1 saturated heterocycles. The Hall–Kier alpha value is -2.77. The largest absolute Gasteiger partial charge is 0.497 e. The lowest BCUT2D eigenvalue weighted by molar-refractivity contribution is -0.140. The van der Waals surface area contributed by atoms with E-state index in [9.17, 15) is 14.4 Å².